The lowest BCUT2D eigenvalue weighted by Crippen LogP contribution is -2.50. The zero-order valence-corrected chi connectivity index (χ0v) is 15.0. The lowest BCUT2D eigenvalue weighted by atomic mass is 10.1. The molecule has 1 atom stereocenters. The van der Waals surface area contributed by atoms with E-state index in [0.717, 1.165) is 50.3 Å². The average Bonchev–Trinajstić information content (AvgIpc) is 3.35. The molecule has 0 spiro atoms. The summed E-state index contributed by atoms with van der Waals surface area (Å²) in [4.78, 5) is 26.8. The van der Waals surface area contributed by atoms with Gasteiger partial charge in [-0.2, -0.15) is 0 Å². The van der Waals surface area contributed by atoms with Gasteiger partial charge in [-0.25, -0.2) is 9.97 Å². The fraction of sp³-hybridized carbons (Fsp3) is 0.476. The summed E-state index contributed by atoms with van der Waals surface area (Å²) in [7, 11) is 0. The van der Waals surface area contributed by atoms with Crippen molar-refractivity contribution in [1.82, 2.24) is 14.9 Å². The Bertz CT molecular complexity index is 850. The molecule has 3 aliphatic rings. The van der Waals surface area contributed by atoms with Crippen LogP contribution in [0.4, 0.5) is 5.69 Å². The smallest absolute Gasteiger partial charge is 0.230 e. The predicted octanol–water partition coefficient (Wildman–Crippen LogP) is 2.48. The van der Waals surface area contributed by atoms with E-state index in [1.54, 1.807) is 0 Å². The molecule has 3 heterocycles. The summed E-state index contributed by atoms with van der Waals surface area (Å²) >= 11 is 0. The molecule has 2 aromatic rings. The molecule has 0 bridgehead atoms. The van der Waals surface area contributed by atoms with Crippen molar-refractivity contribution in [3.8, 4) is 0 Å². The van der Waals surface area contributed by atoms with Gasteiger partial charge in [-0.15, -0.1) is 0 Å². The first kappa shape index (κ1) is 15.9. The Hall–Kier alpha value is -2.27. The number of benzene rings is 1. The zero-order chi connectivity index (χ0) is 17.5. The summed E-state index contributed by atoms with van der Waals surface area (Å²) < 4.78 is 0. The molecule has 0 N–H and O–H groups in total. The second-order valence-corrected chi connectivity index (χ2v) is 7.68. The molecule has 1 aliphatic carbocycles. The Morgan fingerprint density at radius 2 is 2.08 bits per heavy atom. The minimum Gasteiger partial charge on any atom is -0.369 e. The van der Waals surface area contributed by atoms with Crippen molar-refractivity contribution in [3.63, 3.8) is 0 Å². The third kappa shape index (κ3) is 2.80. The van der Waals surface area contributed by atoms with Crippen LogP contribution in [0.2, 0.25) is 0 Å². The zero-order valence-electron chi connectivity index (χ0n) is 15.0. The van der Waals surface area contributed by atoms with E-state index in [9.17, 15) is 4.79 Å². The third-order valence-electron chi connectivity index (χ3n) is 6.08. The van der Waals surface area contributed by atoms with Crippen molar-refractivity contribution >= 4 is 11.5 Å². The molecule has 2 fully saturated rings. The number of hydrogen-bond donors (Lipinski definition) is 0. The highest BCUT2D eigenvalue weighted by molar-refractivity contribution is 6.07. The van der Waals surface area contributed by atoms with Crippen molar-refractivity contribution in [2.24, 2.45) is 0 Å². The summed E-state index contributed by atoms with van der Waals surface area (Å²) in [6.07, 6.45) is 7.55. The first-order valence-electron chi connectivity index (χ1n) is 9.76. The third-order valence-corrected chi connectivity index (χ3v) is 6.08. The number of fused-ring (bicyclic) bond motifs is 2. The van der Waals surface area contributed by atoms with Gasteiger partial charge >= 0.3 is 0 Å². The number of carbonyl (C=O) groups excluding carboxylic acids is 1. The van der Waals surface area contributed by atoms with Gasteiger partial charge in [-0.3, -0.25) is 9.69 Å². The molecule has 0 saturated carbocycles. The Morgan fingerprint density at radius 1 is 1.12 bits per heavy atom. The van der Waals surface area contributed by atoms with E-state index < -0.39 is 0 Å². The average molecular weight is 348 g/mol. The van der Waals surface area contributed by atoms with Crippen LogP contribution < -0.4 is 4.90 Å². The summed E-state index contributed by atoms with van der Waals surface area (Å²) in [5, 5.41) is 0. The topological polar surface area (TPSA) is 49.3 Å². The van der Waals surface area contributed by atoms with Gasteiger partial charge in [0.05, 0.1) is 0 Å². The standard InChI is InChI=1S/C21H24N4O/c26-20(21-22-13-16-5-2-8-19(16)23-21)15-4-1-6-17(12-15)25-11-10-24-9-3-7-18(24)14-25/h1,4,6,12-13,18H,2-3,5,7-11,14H2. The number of ketones is 1. The first-order valence-corrected chi connectivity index (χ1v) is 9.76. The molecule has 0 amide bonds. The number of rotatable bonds is 3. The van der Waals surface area contributed by atoms with E-state index >= 15 is 0 Å². The lowest BCUT2D eigenvalue weighted by molar-refractivity contribution is 0.102. The summed E-state index contributed by atoms with van der Waals surface area (Å²) in [5.41, 5.74) is 4.08. The summed E-state index contributed by atoms with van der Waals surface area (Å²) in [6.45, 7) is 4.46. The van der Waals surface area contributed by atoms with Crippen LogP contribution in [0, 0.1) is 0 Å². The van der Waals surface area contributed by atoms with Crippen LogP contribution >= 0.6 is 0 Å². The Labute approximate surface area is 154 Å². The Balaban J connectivity index is 1.38. The summed E-state index contributed by atoms with van der Waals surface area (Å²) in [6, 6.07) is 8.67. The van der Waals surface area contributed by atoms with Crippen molar-refractivity contribution in [1.29, 1.82) is 0 Å². The number of aromatic nitrogens is 2. The first-order chi connectivity index (χ1) is 12.8. The molecule has 1 unspecified atom stereocenters. The van der Waals surface area contributed by atoms with E-state index in [4.69, 9.17) is 0 Å². The van der Waals surface area contributed by atoms with Gasteiger partial charge < -0.3 is 4.90 Å². The number of piperazine rings is 1. The van der Waals surface area contributed by atoms with Gasteiger partial charge in [-0.1, -0.05) is 12.1 Å². The second-order valence-electron chi connectivity index (χ2n) is 7.68. The number of nitrogens with zero attached hydrogens (tertiary/aromatic N) is 4. The van der Waals surface area contributed by atoms with Crippen molar-refractivity contribution in [2.45, 2.75) is 38.1 Å². The van der Waals surface area contributed by atoms with Crippen LogP contribution in [0.3, 0.4) is 0 Å². The van der Waals surface area contributed by atoms with Gasteiger partial charge in [0.2, 0.25) is 11.6 Å². The molecule has 2 saturated heterocycles. The predicted molar refractivity (Wildman–Crippen MR) is 101 cm³/mol. The molecule has 2 aliphatic heterocycles. The van der Waals surface area contributed by atoms with E-state index in [-0.39, 0.29) is 5.78 Å². The monoisotopic (exact) mass is 348 g/mol. The van der Waals surface area contributed by atoms with Crippen molar-refractivity contribution in [2.75, 3.05) is 31.1 Å². The minimum absolute atomic E-state index is 0.0685. The van der Waals surface area contributed by atoms with Crippen molar-refractivity contribution < 1.29 is 4.79 Å². The van der Waals surface area contributed by atoms with Crippen LogP contribution in [-0.2, 0) is 12.8 Å². The van der Waals surface area contributed by atoms with Crippen LogP contribution in [0.25, 0.3) is 0 Å². The molecule has 5 heteroatoms. The van der Waals surface area contributed by atoms with Crippen LogP contribution in [0.1, 0.15) is 46.7 Å². The SMILES string of the molecule is O=C(c1cccc(N2CCN3CCCC3C2)c1)c1ncc2c(n1)CCC2. The van der Waals surface area contributed by atoms with Gasteiger partial charge in [-0.05, 0) is 56.3 Å². The number of anilines is 1. The molecule has 1 aromatic heterocycles. The van der Waals surface area contributed by atoms with E-state index in [1.165, 1.54) is 24.9 Å². The van der Waals surface area contributed by atoms with E-state index in [1.807, 2.05) is 24.4 Å². The maximum atomic E-state index is 12.9. The second kappa shape index (κ2) is 6.47. The Morgan fingerprint density at radius 3 is 3.04 bits per heavy atom. The highest BCUT2D eigenvalue weighted by Crippen LogP contribution is 2.26. The van der Waals surface area contributed by atoms with Gasteiger partial charge in [0, 0.05) is 48.8 Å². The van der Waals surface area contributed by atoms with Crippen LogP contribution in [0.5, 0.6) is 0 Å². The fourth-order valence-corrected chi connectivity index (χ4v) is 4.62. The molecular formula is C21H24N4O. The van der Waals surface area contributed by atoms with Crippen LogP contribution in [0.15, 0.2) is 30.5 Å². The van der Waals surface area contributed by atoms with Gasteiger partial charge in [0.1, 0.15) is 0 Å². The van der Waals surface area contributed by atoms with E-state index in [2.05, 4.69) is 25.8 Å². The Kier molecular flexibility index (Phi) is 3.97. The lowest BCUT2D eigenvalue weighted by Gasteiger charge is -2.38. The fourth-order valence-electron chi connectivity index (χ4n) is 4.62. The maximum absolute atomic E-state index is 12.9. The quantitative estimate of drug-likeness (QED) is 0.798. The van der Waals surface area contributed by atoms with E-state index in [0.29, 0.717) is 17.4 Å². The molecule has 134 valence electrons. The molecule has 26 heavy (non-hydrogen) atoms. The molecular weight excluding hydrogens is 324 g/mol. The molecule has 5 rings (SSSR count). The number of carbonyl (C=O) groups is 1. The van der Waals surface area contributed by atoms with Gasteiger partial charge in [0.15, 0.2) is 0 Å². The molecule has 1 aromatic carbocycles. The maximum Gasteiger partial charge on any atom is 0.230 e. The van der Waals surface area contributed by atoms with Crippen LogP contribution in [-0.4, -0.2) is 52.9 Å². The highest BCUT2D eigenvalue weighted by atomic mass is 16.1. The highest BCUT2D eigenvalue weighted by Gasteiger charge is 2.30. The van der Waals surface area contributed by atoms with Gasteiger partial charge in [0.25, 0.3) is 0 Å². The molecule has 0 radical (unpaired) electrons. The number of hydrogen-bond acceptors (Lipinski definition) is 5. The largest absolute Gasteiger partial charge is 0.369 e. The summed E-state index contributed by atoms with van der Waals surface area (Å²) in [5.74, 6) is 0.268. The van der Waals surface area contributed by atoms with Crippen molar-refractivity contribution in [3.05, 3.63) is 53.1 Å². The molecule has 5 nitrogen and oxygen atoms in total. The number of aryl methyl sites for hydroxylation is 2. The normalized spacial score (nSPS) is 22.3. The minimum atomic E-state index is -0.0685.